The zero-order chi connectivity index (χ0) is 26.9. The van der Waals surface area contributed by atoms with Crippen molar-refractivity contribution in [3.8, 4) is 0 Å². The van der Waals surface area contributed by atoms with Crippen LogP contribution in [0.1, 0.15) is 53.4 Å². The Morgan fingerprint density at radius 3 is 2.14 bits per heavy atom. The first-order valence-corrected chi connectivity index (χ1v) is 11.6. The number of amides is 4. The van der Waals surface area contributed by atoms with Gasteiger partial charge in [0.2, 0.25) is 23.6 Å². The zero-order valence-corrected chi connectivity index (χ0v) is 20.6. The molecule has 1 heterocycles. The van der Waals surface area contributed by atoms with Gasteiger partial charge in [-0.25, -0.2) is 4.79 Å². The van der Waals surface area contributed by atoms with Crippen molar-refractivity contribution in [3.63, 3.8) is 0 Å². The van der Waals surface area contributed by atoms with Crippen LogP contribution >= 0.6 is 0 Å². The van der Waals surface area contributed by atoms with Gasteiger partial charge in [0.1, 0.15) is 18.1 Å². The van der Waals surface area contributed by atoms with Gasteiger partial charge < -0.3 is 36.8 Å². The molecule has 35 heavy (non-hydrogen) atoms. The van der Waals surface area contributed by atoms with Crippen molar-refractivity contribution in [2.24, 2.45) is 17.6 Å². The molecule has 1 aliphatic heterocycles. The summed E-state index contributed by atoms with van der Waals surface area (Å²) < 4.78 is 0. The summed E-state index contributed by atoms with van der Waals surface area (Å²) in [5.41, 5.74) is 5.93. The summed E-state index contributed by atoms with van der Waals surface area (Å²) in [6, 6.07) is -4.28. The van der Waals surface area contributed by atoms with Crippen molar-refractivity contribution in [2.45, 2.75) is 77.5 Å². The summed E-state index contributed by atoms with van der Waals surface area (Å²) in [7, 11) is 0. The zero-order valence-electron chi connectivity index (χ0n) is 20.6. The predicted octanol–water partition coefficient (Wildman–Crippen LogP) is -1.35. The summed E-state index contributed by atoms with van der Waals surface area (Å²) in [4.78, 5) is 73.8. The average molecular weight is 500 g/mol. The van der Waals surface area contributed by atoms with E-state index in [0.29, 0.717) is 19.4 Å². The van der Waals surface area contributed by atoms with Gasteiger partial charge in [0, 0.05) is 6.54 Å². The van der Waals surface area contributed by atoms with E-state index in [-0.39, 0.29) is 24.2 Å². The fourth-order valence-electron chi connectivity index (χ4n) is 3.66. The first-order valence-electron chi connectivity index (χ1n) is 11.6. The van der Waals surface area contributed by atoms with Crippen molar-refractivity contribution in [1.29, 1.82) is 0 Å². The minimum atomic E-state index is -1.66. The van der Waals surface area contributed by atoms with Crippen LogP contribution in [-0.2, 0) is 28.8 Å². The van der Waals surface area contributed by atoms with Crippen LogP contribution in [-0.4, -0.2) is 87.9 Å². The van der Waals surface area contributed by atoms with Crippen LogP contribution < -0.4 is 21.7 Å². The van der Waals surface area contributed by atoms with Crippen molar-refractivity contribution < 1.29 is 39.0 Å². The number of carboxylic acids is 2. The number of nitrogens with two attached hydrogens (primary N) is 1. The molecule has 0 saturated carbocycles. The second-order valence-electron chi connectivity index (χ2n) is 9.42. The molecule has 0 aromatic heterocycles. The smallest absolute Gasteiger partial charge is 0.326 e. The highest BCUT2D eigenvalue weighted by molar-refractivity contribution is 5.94. The minimum absolute atomic E-state index is 0.0633. The number of nitrogens with one attached hydrogen (secondary N) is 3. The van der Waals surface area contributed by atoms with Crippen LogP contribution in [0.15, 0.2) is 0 Å². The topological polar surface area (TPSA) is 208 Å². The van der Waals surface area contributed by atoms with E-state index in [1.807, 2.05) is 13.8 Å². The third kappa shape index (κ3) is 9.51. The quantitative estimate of drug-likeness (QED) is 0.177. The van der Waals surface area contributed by atoms with E-state index in [0.717, 1.165) is 0 Å². The number of nitrogens with zero attached hydrogens (tertiary/aromatic N) is 1. The number of likely N-dealkylation sites (tertiary alicyclic amines) is 1. The van der Waals surface area contributed by atoms with Gasteiger partial charge in [0.15, 0.2) is 0 Å². The lowest BCUT2D eigenvalue weighted by atomic mass is 10.0. The number of aliphatic carboxylic acids is 2. The van der Waals surface area contributed by atoms with E-state index in [4.69, 9.17) is 15.9 Å². The molecule has 1 aliphatic rings. The second-order valence-corrected chi connectivity index (χ2v) is 9.42. The van der Waals surface area contributed by atoms with Crippen LogP contribution in [0.4, 0.5) is 0 Å². The largest absolute Gasteiger partial charge is 0.481 e. The Bertz CT molecular complexity index is 816. The van der Waals surface area contributed by atoms with Gasteiger partial charge in [-0.2, -0.15) is 0 Å². The maximum absolute atomic E-state index is 12.7. The van der Waals surface area contributed by atoms with E-state index in [9.17, 15) is 28.8 Å². The summed E-state index contributed by atoms with van der Waals surface area (Å²) in [5.74, 6) is -5.47. The molecule has 1 saturated heterocycles. The predicted molar refractivity (Wildman–Crippen MR) is 124 cm³/mol. The summed E-state index contributed by atoms with van der Waals surface area (Å²) >= 11 is 0. The lowest BCUT2D eigenvalue weighted by Gasteiger charge is -2.28. The van der Waals surface area contributed by atoms with Gasteiger partial charge >= 0.3 is 11.9 Å². The number of carbonyl (C=O) groups excluding carboxylic acids is 4. The van der Waals surface area contributed by atoms with Gasteiger partial charge in [0.25, 0.3) is 0 Å². The SMILES string of the molecule is CC(C)C[C@H](NC(=O)CNC(=O)[C@@H]1CCCN1C(=O)[C@@H](N)C(C)C)C(=O)N[C@@H](CC(=O)O)C(=O)O. The number of hydrogen-bond donors (Lipinski definition) is 6. The Hall–Kier alpha value is -3.22. The van der Waals surface area contributed by atoms with Crippen LogP contribution in [0, 0.1) is 11.8 Å². The van der Waals surface area contributed by atoms with Crippen molar-refractivity contribution in [1.82, 2.24) is 20.9 Å². The van der Waals surface area contributed by atoms with E-state index in [2.05, 4.69) is 16.0 Å². The normalized spacial score (nSPS) is 18.0. The van der Waals surface area contributed by atoms with E-state index < -0.39 is 66.8 Å². The van der Waals surface area contributed by atoms with Crippen LogP contribution in [0.3, 0.4) is 0 Å². The molecule has 0 aliphatic carbocycles. The minimum Gasteiger partial charge on any atom is -0.481 e. The summed E-state index contributed by atoms with van der Waals surface area (Å²) in [6.07, 6.45) is 0.389. The van der Waals surface area contributed by atoms with Gasteiger partial charge in [-0.15, -0.1) is 0 Å². The molecule has 1 fully saturated rings. The first kappa shape index (κ1) is 29.8. The monoisotopic (exact) mass is 499 g/mol. The Labute approximate surface area is 204 Å². The van der Waals surface area contributed by atoms with Gasteiger partial charge in [-0.3, -0.25) is 24.0 Å². The van der Waals surface area contributed by atoms with Gasteiger partial charge in [-0.05, 0) is 31.1 Å². The standard InChI is InChI=1S/C22H37N5O8/c1-11(2)8-13(19(31)26-14(22(34)35)9-17(29)30)25-16(28)10-24-20(32)15-6-5-7-27(15)21(33)18(23)12(3)4/h11-15,18H,5-10,23H2,1-4H3,(H,24,32)(H,25,28)(H,26,31)(H,29,30)(H,34,35)/t13-,14-,15-,18-/m0/s1. The maximum Gasteiger partial charge on any atom is 0.326 e. The van der Waals surface area contributed by atoms with Crippen molar-refractivity contribution >= 4 is 35.6 Å². The lowest BCUT2D eigenvalue weighted by molar-refractivity contribution is -0.147. The molecule has 0 radical (unpaired) electrons. The Balaban J connectivity index is 2.74. The second kappa shape index (κ2) is 13.6. The molecule has 0 unspecified atom stereocenters. The molecule has 0 aromatic rings. The lowest BCUT2D eigenvalue weighted by Crippen LogP contribution is -2.55. The molecular formula is C22H37N5O8. The molecule has 1 rings (SSSR count). The molecule has 0 aromatic carbocycles. The molecule has 0 bridgehead atoms. The Morgan fingerprint density at radius 2 is 1.63 bits per heavy atom. The molecule has 198 valence electrons. The van der Waals surface area contributed by atoms with E-state index >= 15 is 0 Å². The van der Waals surface area contributed by atoms with E-state index in [1.165, 1.54) is 4.90 Å². The Kier molecular flexibility index (Phi) is 11.6. The highest BCUT2D eigenvalue weighted by Gasteiger charge is 2.37. The molecule has 13 heteroatoms. The fraction of sp³-hybridized carbons (Fsp3) is 0.727. The number of hydrogen-bond acceptors (Lipinski definition) is 7. The van der Waals surface area contributed by atoms with Crippen LogP contribution in [0.5, 0.6) is 0 Å². The third-order valence-electron chi connectivity index (χ3n) is 5.62. The fourth-order valence-corrected chi connectivity index (χ4v) is 3.66. The number of carbonyl (C=O) groups is 6. The highest BCUT2D eigenvalue weighted by Crippen LogP contribution is 2.19. The molecule has 7 N–H and O–H groups in total. The van der Waals surface area contributed by atoms with Crippen molar-refractivity contribution in [3.05, 3.63) is 0 Å². The van der Waals surface area contributed by atoms with E-state index in [1.54, 1.807) is 13.8 Å². The summed E-state index contributed by atoms with van der Waals surface area (Å²) in [5, 5.41) is 25.0. The van der Waals surface area contributed by atoms with Crippen LogP contribution in [0.25, 0.3) is 0 Å². The molecule has 13 nitrogen and oxygen atoms in total. The molecular weight excluding hydrogens is 462 g/mol. The van der Waals surface area contributed by atoms with Gasteiger partial charge in [-0.1, -0.05) is 27.7 Å². The summed E-state index contributed by atoms with van der Waals surface area (Å²) in [6.45, 7) is 7.11. The van der Waals surface area contributed by atoms with Crippen molar-refractivity contribution in [2.75, 3.05) is 13.1 Å². The molecule has 0 spiro atoms. The average Bonchev–Trinajstić information content (AvgIpc) is 3.24. The third-order valence-corrected chi connectivity index (χ3v) is 5.62. The Morgan fingerprint density at radius 1 is 1.00 bits per heavy atom. The maximum atomic E-state index is 12.7. The van der Waals surface area contributed by atoms with Gasteiger partial charge in [0.05, 0.1) is 19.0 Å². The molecule has 4 amide bonds. The van der Waals surface area contributed by atoms with Crippen LogP contribution in [0.2, 0.25) is 0 Å². The number of rotatable bonds is 13. The first-order chi connectivity index (χ1) is 16.2. The number of carboxylic acid groups (broad SMARTS) is 2. The molecule has 4 atom stereocenters. The highest BCUT2D eigenvalue weighted by atomic mass is 16.4.